The van der Waals surface area contributed by atoms with E-state index >= 15 is 0 Å². The molecule has 0 amide bonds. The monoisotopic (exact) mass is 299 g/mol. The lowest BCUT2D eigenvalue weighted by atomic mass is 10.2. The van der Waals surface area contributed by atoms with Crippen LogP contribution < -0.4 is 5.32 Å². The van der Waals surface area contributed by atoms with Crippen molar-refractivity contribution in [2.75, 3.05) is 11.6 Å². The van der Waals surface area contributed by atoms with Crippen molar-refractivity contribution in [3.05, 3.63) is 11.9 Å². The quantitative estimate of drug-likeness (QED) is 0.906. The number of hydrogen-bond acceptors (Lipinski definition) is 4. The van der Waals surface area contributed by atoms with Gasteiger partial charge in [0.05, 0.1) is 10.4 Å². The van der Waals surface area contributed by atoms with Crippen LogP contribution in [-0.2, 0) is 16.4 Å². The van der Waals surface area contributed by atoms with Crippen molar-refractivity contribution in [1.29, 1.82) is 0 Å². The van der Waals surface area contributed by atoms with Crippen molar-refractivity contribution in [1.82, 2.24) is 9.55 Å². The van der Waals surface area contributed by atoms with Crippen LogP contribution in [0.15, 0.2) is 6.20 Å². The van der Waals surface area contributed by atoms with E-state index in [-0.39, 0.29) is 0 Å². The fourth-order valence-electron chi connectivity index (χ4n) is 2.56. The van der Waals surface area contributed by atoms with E-state index in [9.17, 15) is 8.42 Å². The Morgan fingerprint density at radius 1 is 1.40 bits per heavy atom. The van der Waals surface area contributed by atoms with Gasteiger partial charge in [0.25, 0.3) is 0 Å². The van der Waals surface area contributed by atoms with E-state index in [1.54, 1.807) is 13.8 Å². The first-order valence-electron chi connectivity index (χ1n) is 7.19. The molecule has 0 radical (unpaired) electrons. The van der Waals surface area contributed by atoms with Crippen LogP contribution in [0, 0.1) is 6.92 Å². The van der Waals surface area contributed by atoms with Crippen molar-refractivity contribution in [3.8, 4) is 0 Å². The number of rotatable bonds is 5. The number of hydrogen-bond donors (Lipinski definition) is 1. The van der Waals surface area contributed by atoms with Crippen LogP contribution in [-0.4, -0.2) is 35.0 Å². The Labute approximate surface area is 121 Å². The molecular formula is C14H25N3O2S. The first kappa shape index (κ1) is 15.4. The van der Waals surface area contributed by atoms with E-state index in [0.29, 0.717) is 12.6 Å². The number of aryl methyl sites for hydroxylation is 1. The number of nitrogens with one attached hydrogen (secondary N) is 1. The first-order chi connectivity index (χ1) is 9.19. The molecule has 6 heteroatoms. The Hall–Kier alpha value is -1.04. The highest BCUT2D eigenvalue weighted by molar-refractivity contribution is 7.92. The first-order valence-corrected chi connectivity index (χ1v) is 9.08. The van der Waals surface area contributed by atoms with Crippen LogP contribution >= 0.6 is 0 Å². The van der Waals surface area contributed by atoms with Crippen LogP contribution in [0.3, 0.4) is 0 Å². The highest BCUT2D eigenvalue weighted by Crippen LogP contribution is 2.24. The Bertz CT molecular complexity index is 569. The van der Waals surface area contributed by atoms with Crippen molar-refractivity contribution < 1.29 is 8.42 Å². The topological polar surface area (TPSA) is 64.0 Å². The summed E-state index contributed by atoms with van der Waals surface area (Å²) in [6, 6.07) is 0.469. The van der Waals surface area contributed by atoms with Gasteiger partial charge in [-0.1, -0.05) is 12.8 Å². The summed E-state index contributed by atoms with van der Waals surface area (Å²) in [5, 5.41) is 3.46. The van der Waals surface area contributed by atoms with Crippen molar-refractivity contribution in [2.45, 2.75) is 63.8 Å². The van der Waals surface area contributed by atoms with Gasteiger partial charge >= 0.3 is 0 Å². The van der Waals surface area contributed by atoms with Gasteiger partial charge in [0.15, 0.2) is 9.84 Å². The molecule has 5 nitrogen and oxygen atoms in total. The fraction of sp³-hybridized carbons (Fsp3) is 0.786. The molecule has 1 aliphatic rings. The maximum absolute atomic E-state index is 11.9. The predicted octanol–water partition coefficient (Wildman–Crippen LogP) is 2.37. The van der Waals surface area contributed by atoms with Crippen molar-refractivity contribution in [2.24, 2.45) is 0 Å². The van der Waals surface area contributed by atoms with E-state index in [4.69, 9.17) is 0 Å². The minimum atomic E-state index is -3.11. The summed E-state index contributed by atoms with van der Waals surface area (Å²) in [6.45, 7) is 5.87. The molecule has 0 saturated heterocycles. The Kier molecular flexibility index (Phi) is 4.14. The van der Waals surface area contributed by atoms with Gasteiger partial charge in [-0.3, -0.25) is 0 Å². The van der Waals surface area contributed by atoms with Gasteiger partial charge in [-0.25, -0.2) is 13.4 Å². The van der Waals surface area contributed by atoms with Crippen LogP contribution in [0.2, 0.25) is 0 Å². The van der Waals surface area contributed by atoms with E-state index in [0.717, 1.165) is 11.6 Å². The number of nitrogens with zero attached hydrogens (tertiary/aromatic N) is 2. The third-order valence-corrected chi connectivity index (χ3v) is 6.28. The third kappa shape index (κ3) is 3.34. The standard InChI is InChI=1S/C14H25N3O2S/c1-11-9-17(10-14(2,3)20(4,18)19)13(15-11)16-12-7-5-6-8-12/h9,12H,5-8,10H2,1-4H3,(H,15,16). The molecule has 0 bridgehead atoms. The predicted molar refractivity (Wildman–Crippen MR) is 81.8 cm³/mol. The fourth-order valence-corrected chi connectivity index (χ4v) is 2.94. The summed E-state index contributed by atoms with van der Waals surface area (Å²) in [5.41, 5.74) is 0.912. The highest BCUT2D eigenvalue weighted by atomic mass is 32.2. The van der Waals surface area contributed by atoms with Gasteiger partial charge in [-0.2, -0.15) is 0 Å². The average molecular weight is 299 g/mol. The van der Waals surface area contributed by atoms with Gasteiger partial charge in [0.1, 0.15) is 0 Å². The van der Waals surface area contributed by atoms with Crippen molar-refractivity contribution in [3.63, 3.8) is 0 Å². The maximum atomic E-state index is 11.9. The summed E-state index contributed by atoms with van der Waals surface area (Å²) >= 11 is 0. The van der Waals surface area contributed by atoms with Crippen LogP contribution in [0.4, 0.5) is 5.95 Å². The second-order valence-corrected chi connectivity index (χ2v) is 9.14. The minimum Gasteiger partial charge on any atom is -0.353 e. The summed E-state index contributed by atoms with van der Waals surface area (Å²) in [5.74, 6) is 0.797. The molecule has 1 N–H and O–H groups in total. The zero-order valence-electron chi connectivity index (χ0n) is 12.8. The van der Waals surface area contributed by atoms with Gasteiger partial charge in [0.2, 0.25) is 5.95 Å². The summed E-state index contributed by atoms with van der Waals surface area (Å²) in [7, 11) is -3.11. The molecule has 1 fully saturated rings. The van der Waals surface area contributed by atoms with E-state index in [1.165, 1.54) is 31.9 Å². The summed E-state index contributed by atoms with van der Waals surface area (Å²) in [6.07, 6.45) is 8.06. The summed E-state index contributed by atoms with van der Waals surface area (Å²) in [4.78, 5) is 4.50. The maximum Gasteiger partial charge on any atom is 0.203 e. The number of anilines is 1. The van der Waals surface area contributed by atoms with E-state index < -0.39 is 14.6 Å². The van der Waals surface area contributed by atoms with Gasteiger partial charge in [0, 0.05) is 25.0 Å². The lowest BCUT2D eigenvalue weighted by Gasteiger charge is -2.24. The summed E-state index contributed by atoms with van der Waals surface area (Å²) < 4.78 is 24.9. The normalized spacial score (nSPS) is 17.6. The molecule has 1 aliphatic carbocycles. The molecule has 0 aliphatic heterocycles. The van der Waals surface area contributed by atoms with Crippen LogP contribution in [0.25, 0.3) is 0 Å². The number of imidazole rings is 1. The van der Waals surface area contributed by atoms with E-state index in [2.05, 4.69) is 10.3 Å². The molecule has 0 spiro atoms. The zero-order valence-corrected chi connectivity index (χ0v) is 13.6. The van der Waals surface area contributed by atoms with Crippen molar-refractivity contribution >= 4 is 15.8 Å². The molecule has 1 saturated carbocycles. The second-order valence-electron chi connectivity index (χ2n) is 6.49. The average Bonchev–Trinajstić information content (AvgIpc) is 2.88. The Morgan fingerprint density at radius 2 is 2.00 bits per heavy atom. The van der Waals surface area contributed by atoms with Crippen LogP contribution in [0.5, 0.6) is 0 Å². The molecule has 1 aromatic rings. The molecule has 2 rings (SSSR count). The van der Waals surface area contributed by atoms with Gasteiger partial charge < -0.3 is 9.88 Å². The molecule has 0 unspecified atom stereocenters. The second kappa shape index (κ2) is 5.39. The zero-order chi connectivity index (χ0) is 15.0. The molecular weight excluding hydrogens is 274 g/mol. The Morgan fingerprint density at radius 3 is 2.55 bits per heavy atom. The van der Waals surface area contributed by atoms with Gasteiger partial charge in [-0.05, 0) is 33.6 Å². The number of aromatic nitrogens is 2. The molecule has 114 valence electrons. The highest BCUT2D eigenvalue weighted by Gasteiger charge is 2.31. The molecule has 1 heterocycles. The smallest absolute Gasteiger partial charge is 0.203 e. The number of sulfone groups is 1. The molecule has 0 aromatic carbocycles. The molecule has 20 heavy (non-hydrogen) atoms. The SMILES string of the molecule is Cc1cn(CC(C)(C)S(C)(=O)=O)c(NC2CCCC2)n1. The van der Waals surface area contributed by atoms with Crippen LogP contribution in [0.1, 0.15) is 45.2 Å². The molecule has 0 atom stereocenters. The molecule has 1 aromatic heterocycles. The minimum absolute atomic E-state index is 0.418. The Balaban J connectivity index is 2.19. The largest absolute Gasteiger partial charge is 0.353 e. The lowest BCUT2D eigenvalue weighted by Crippen LogP contribution is -2.36. The van der Waals surface area contributed by atoms with Gasteiger partial charge in [-0.15, -0.1) is 0 Å². The van der Waals surface area contributed by atoms with E-state index in [1.807, 2.05) is 17.7 Å². The third-order valence-electron chi connectivity index (χ3n) is 4.14. The lowest BCUT2D eigenvalue weighted by molar-refractivity contribution is 0.503.